The van der Waals surface area contributed by atoms with Crippen LogP contribution in [0.4, 0.5) is 5.69 Å². The number of hydrogen-bond acceptors (Lipinski definition) is 6. The lowest BCUT2D eigenvalue weighted by atomic mass is 9.81. The van der Waals surface area contributed by atoms with Crippen molar-refractivity contribution in [1.82, 2.24) is 0 Å². The highest BCUT2D eigenvalue weighted by Gasteiger charge is 2.62. The summed E-state index contributed by atoms with van der Waals surface area (Å²) in [7, 11) is 0. The van der Waals surface area contributed by atoms with Crippen molar-refractivity contribution in [1.29, 1.82) is 0 Å². The largest absolute Gasteiger partial charge is 0.461 e. The second-order valence-corrected chi connectivity index (χ2v) is 12.4. The molecule has 38 heavy (non-hydrogen) atoms. The predicted molar refractivity (Wildman–Crippen MR) is 159 cm³/mol. The van der Waals surface area contributed by atoms with Gasteiger partial charge in [-0.05, 0) is 49.6 Å². The van der Waals surface area contributed by atoms with E-state index in [1.165, 1.54) is 39.6 Å². The van der Waals surface area contributed by atoms with Crippen LogP contribution >= 0.6 is 23.5 Å². The summed E-state index contributed by atoms with van der Waals surface area (Å²) >= 11 is 3.31. The number of hydrogen-bond donors (Lipinski definition) is 0. The second kappa shape index (κ2) is 9.68. The van der Waals surface area contributed by atoms with Gasteiger partial charge in [0.25, 0.3) is 0 Å². The van der Waals surface area contributed by atoms with E-state index in [9.17, 15) is 4.79 Å². The fourth-order valence-electron chi connectivity index (χ4n) is 5.36. The van der Waals surface area contributed by atoms with Crippen molar-refractivity contribution in [3.8, 4) is 0 Å². The van der Waals surface area contributed by atoms with Crippen molar-refractivity contribution in [3.05, 3.63) is 137 Å². The molecule has 1 atom stereocenters. The number of para-hydroxylation sites is 1. The highest BCUT2D eigenvalue weighted by atomic mass is 32.2. The first kappa shape index (κ1) is 24.8. The van der Waals surface area contributed by atoms with Crippen LogP contribution in [-0.4, -0.2) is 17.6 Å². The second-order valence-electron chi connectivity index (χ2n) is 9.52. The van der Waals surface area contributed by atoms with E-state index < -0.39 is 14.9 Å². The predicted octanol–water partition coefficient (Wildman–Crippen LogP) is 7.58. The van der Waals surface area contributed by atoms with Crippen LogP contribution in [0.5, 0.6) is 0 Å². The van der Waals surface area contributed by atoms with Gasteiger partial charge in [0.05, 0.1) is 17.0 Å². The van der Waals surface area contributed by atoms with Crippen LogP contribution in [0.3, 0.4) is 0 Å². The van der Waals surface area contributed by atoms with Gasteiger partial charge in [0, 0.05) is 5.56 Å². The summed E-state index contributed by atoms with van der Waals surface area (Å²) in [5.41, 5.74) is 8.07. The molecule has 4 nitrogen and oxygen atoms in total. The first-order valence-corrected chi connectivity index (χ1v) is 14.4. The van der Waals surface area contributed by atoms with E-state index in [4.69, 9.17) is 9.84 Å². The fraction of sp³-hybridized carbons (Fsp3) is 0.188. The summed E-state index contributed by atoms with van der Waals surface area (Å²) in [6.45, 7) is 6.40. The summed E-state index contributed by atoms with van der Waals surface area (Å²) in [5, 5.41) is 7.29. The normalized spacial score (nSPS) is 19.3. The minimum Gasteiger partial charge on any atom is -0.461 e. The quantitative estimate of drug-likeness (QED) is 0.246. The van der Waals surface area contributed by atoms with Crippen LogP contribution in [0, 0.1) is 13.8 Å². The molecule has 0 saturated heterocycles. The van der Waals surface area contributed by atoms with E-state index in [1.54, 1.807) is 0 Å². The molecule has 4 aromatic carbocycles. The SMILES string of the molecule is CCOC(=O)C1=NN(c2ccccc2)C2(S1)SC(c1cccc(C)c1)(c1cccc(C)c1)c1ccccc12. The smallest absolute Gasteiger partial charge is 0.365 e. The van der Waals surface area contributed by atoms with Crippen molar-refractivity contribution < 1.29 is 9.53 Å². The van der Waals surface area contributed by atoms with Gasteiger partial charge in [-0.2, -0.15) is 5.10 Å². The van der Waals surface area contributed by atoms with E-state index in [1.807, 2.05) is 54.0 Å². The molecular formula is C32H28N2O2S2. The van der Waals surface area contributed by atoms with E-state index in [0.29, 0.717) is 11.7 Å². The first-order chi connectivity index (χ1) is 18.5. The highest BCUT2D eigenvalue weighted by molar-refractivity contribution is 8.27. The fourth-order valence-corrected chi connectivity index (χ4v) is 8.90. The molecule has 6 heteroatoms. The molecule has 4 aromatic rings. The Balaban J connectivity index is 1.64. The Labute approximate surface area is 232 Å². The number of anilines is 1. The van der Waals surface area contributed by atoms with Crippen LogP contribution in [0.1, 0.15) is 40.3 Å². The minimum absolute atomic E-state index is 0.303. The number of aryl methyl sites for hydroxylation is 2. The molecule has 0 amide bonds. The van der Waals surface area contributed by atoms with Crippen molar-refractivity contribution in [2.75, 3.05) is 11.6 Å². The maximum absolute atomic E-state index is 13.1. The van der Waals surface area contributed by atoms with Gasteiger partial charge in [-0.1, -0.05) is 126 Å². The van der Waals surface area contributed by atoms with Crippen molar-refractivity contribution in [3.63, 3.8) is 0 Å². The van der Waals surface area contributed by atoms with Gasteiger partial charge in [-0.15, -0.1) is 0 Å². The molecule has 2 aliphatic rings. The standard InChI is InChI=1S/C32H28N2O2S2/c1-4-36-30(35)29-33-34(26-16-6-5-7-17-26)32(37-29)28-19-9-8-18-27(28)31(38-32,24-14-10-12-22(2)20-24)25-15-11-13-23(3)21-25/h5-21H,4H2,1-3H3. The molecule has 0 saturated carbocycles. The summed E-state index contributed by atoms with van der Waals surface area (Å²) in [6.07, 6.45) is 0. The van der Waals surface area contributed by atoms with Crippen LogP contribution in [0.2, 0.25) is 0 Å². The van der Waals surface area contributed by atoms with Gasteiger partial charge in [-0.3, -0.25) is 0 Å². The molecule has 1 spiro atoms. The lowest BCUT2D eigenvalue weighted by Gasteiger charge is -2.37. The zero-order chi connectivity index (χ0) is 26.3. The summed E-state index contributed by atoms with van der Waals surface area (Å²) in [5.74, 6) is -0.392. The Morgan fingerprint density at radius 1 is 0.816 bits per heavy atom. The van der Waals surface area contributed by atoms with Gasteiger partial charge >= 0.3 is 5.97 Å². The van der Waals surface area contributed by atoms with Gasteiger partial charge in [0.2, 0.25) is 5.04 Å². The molecule has 0 bridgehead atoms. The van der Waals surface area contributed by atoms with Crippen LogP contribution in [-0.2, 0) is 18.5 Å². The minimum atomic E-state index is -0.715. The van der Waals surface area contributed by atoms with Crippen molar-refractivity contribution in [2.45, 2.75) is 29.7 Å². The Morgan fingerprint density at radius 2 is 1.42 bits per heavy atom. The van der Waals surface area contributed by atoms with Gasteiger partial charge in [-0.25, -0.2) is 9.80 Å². The molecule has 0 aromatic heterocycles. The summed E-state index contributed by atoms with van der Waals surface area (Å²) in [6, 6.07) is 36.2. The maximum atomic E-state index is 13.1. The van der Waals surface area contributed by atoms with E-state index in [-0.39, 0.29) is 0 Å². The van der Waals surface area contributed by atoms with Gasteiger partial charge in [0.15, 0.2) is 4.20 Å². The number of ether oxygens (including phenoxy) is 1. The van der Waals surface area contributed by atoms with E-state index in [2.05, 4.69) is 86.6 Å². The highest BCUT2D eigenvalue weighted by Crippen LogP contribution is 2.70. The average Bonchev–Trinajstić information content (AvgIpc) is 3.47. The molecule has 6 rings (SSSR count). The van der Waals surface area contributed by atoms with Crippen molar-refractivity contribution >= 4 is 40.2 Å². The lowest BCUT2D eigenvalue weighted by molar-refractivity contribution is -0.134. The number of esters is 1. The van der Waals surface area contributed by atoms with Crippen LogP contribution in [0.25, 0.3) is 0 Å². The summed E-state index contributed by atoms with van der Waals surface area (Å²) < 4.78 is 4.19. The zero-order valence-corrected chi connectivity index (χ0v) is 23.2. The van der Waals surface area contributed by atoms with E-state index in [0.717, 1.165) is 11.3 Å². The number of carbonyl (C=O) groups excluding carboxylic acids is 1. The Kier molecular flexibility index (Phi) is 6.33. The third-order valence-corrected chi connectivity index (χ3v) is 10.2. The first-order valence-electron chi connectivity index (χ1n) is 12.7. The Bertz CT molecular complexity index is 1510. The van der Waals surface area contributed by atoms with Crippen molar-refractivity contribution in [2.24, 2.45) is 5.10 Å². The number of carbonyl (C=O) groups is 1. The third-order valence-electron chi connectivity index (χ3n) is 6.94. The molecule has 0 aliphatic carbocycles. The average molecular weight is 537 g/mol. The number of nitrogens with zero attached hydrogens (tertiary/aromatic N) is 2. The molecular weight excluding hydrogens is 508 g/mol. The Morgan fingerprint density at radius 3 is 2.03 bits per heavy atom. The molecule has 2 heterocycles. The zero-order valence-electron chi connectivity index (χ0n) is 21.5. The van der Waals surface area contributed by atoms with E-state index >= 15 is 0 Å². The van der Waals surface area contributed by atoms with Gasteiger partial charge < -0.3 is 4.74 Å². The lowest BCUT2D eigenvalue weighted by Crippen LogP contribution is -2.34. The monoisotopic (exact) mass is 536 g/mol. The number of fused-ring (bicyclic) bond motifs is 2. The van der Waals surface area contributed by atoms with Crippen LogP contribution < -0.4 is 5.01 Å². The van der Waals surface area contributed by atoms with Crippen LogP contribution in [0.15, 0.2) is 108 Å². The summed E-state index contributed by atoms with van der Waals surface area (Å²) in [4.78, 5) is 13.1. The maximum Gasteiger partial charge on any atom is 0.365 e. The van der Waals surface area contributed by atoms with Gasteiger partial charge in [0.1, 0.15) is 0 Å². The number of rotatable bonds is 5. The Hall–Kier alpha value is -3.48. The molecule has 0 fully saturated rings. The molecule has 190 valence electrons. The number of thioether (sulfide) groups is 2. The molecule has 2 aliphatic heterocycles. The molecule has 1 unspecified atom stereocenters. The molecule has 0 radical (unpaired) electrons. The number of benzene rings is 4. The molecule has 0 N–H and O–H groups in total. The number of hydrazone groups is 1. The third kappa shape index (κ3) is 3.86. The topological polar surface area (TPSA) is 41.9 Å².